The van der Waals surface area contributed by atoms with Crippen LogP contribution in [0, 0.1) is 17.3 Å². The topological polar surface area (TPSA) is 0 Å². The number of rotatable bonds is 0. The van der Waals surface area contributed by atoms with Gasteiger partial charge in [0.05, 0.1) is 0 Å². The van der Waals surface area contributed by atoms with Crippen LogP contribution in [-0.4, -0.2) is 0 Å². The fraction of sp³-hybridized carbons (Fsp3) is 1.00. The predicted octanol–water partition coefficient (Wildman–Crippen LogP) is 4.15. The van der Waals surface area contributed by atoms with Crippen molar-refractivity contribution in [1.82, 2.24) is 0 Å². The van der Waals surface area contributed by atoms with Gasteiger partial charge in [0, 0.05) is 0 Å². The van der Waals surface area contributed by atoms with Crippen LogP contribution in [-0.2, 0) is 0 Å². The van der Waals surface area contributed by atoms with Crippen molar-refractivity contribution in [3.05, 3.63) is 0 Å². The summed E-state index contributed by atoms with van der Waals surface area (Å²) >= 11 is 0. The molecule has 0 N–H and O–H groups in total. The number of hydrogen-bond acceptors (Lipinski definition) is 0. The third-order valence-electron chi connectivity index (χ3n) is 5.38. The molecule has 1 spiro atoms. The molecule has 0 saturated heterocycles. The van der Waals surface area contributed by atoms with Crippen LogP contribution in [0.15, 0.2) is 0 Å². The lowest BCUT2D eigenvalue weighted by molar-refractivity contribution is 0.0366. The molecule has 13 heavy (non-hydrogen) atoms. The smallest absolute Gasteiger partial charge is 0.0241 e. The minimum Gasteiger partial charge on any atom is -0.0530 e. The van der Waals surface area contributed by atoms with E-state index in [-0.39, 0.29) is 0 Å². The van der Waals surface area contributed by atoms with E-state index in [9.17, 15) is 0 Å². The van der Waals surface area contributed by atoms with Crippen LogP contribution in [0.3, 0.4) is 0 Å². The summed E-state index contributed by atoms with van der Waals surface area (Å²) in [4.78, 5) is 0. The Labute approximate surface area is 82.1 Å². The summed E-state index contributed by atoms with van der Waals surface area (Å²) in [6.45, 7) is 0. The van der Waals surface area contributed by atoms with Crippen molar-refractivity contribution < 1.29 is 0 Å². The molecule has 2 atom stereocenters. The van der Waals surface area contributed by atoms with Gasteiger partial charge in [-0.15, -0.1) is 0 Å². The van der Waals surface area contributed by atoms with Crippen LogP contribution >= 0.6 is 0 Å². The van der Waals surface area contributed by atoms with Crippen molar-refractivity contribution in [1.29, 1.82) is 0 Å². The van der Waals surface area contributed by atoms with Gasteiger partial charge >= 0.3 is 0 Å². The van der Waals surface area contributed by atoms with Gasteiger partial charge in [-0.1, -0.05) is 25.7 Å². The third-order valence-corrected chi connectivity index (χ3v) is 5.38. The van der Waals surface area contributed by atoms with Gasteiger partial charge in [-0.3, -0.25) is 0 Å². The standard InChI is InChI=1S/C13H22/c1-3-9-13-10-4-2-6-12(13)8-7-11(13)5-1/h11-12H,1-10H2. The van der Waals surface area contributed by atoms with Crippen molar-refractivity contribution in [2.24, 2.45) is 17.3 Å². The maximum Gasteiger partial charge on any atom is -0.0241 e. The van der Waals surface area contributed by atoms with E-state index in [4.69, 9.17) is 0 Å². The molecule has 3 aliphatic carbocycles. The minimum absolute atomic E-state index is 0.885. The van der Waals surface area contributed by atoms with Crippen LogP contribution in [0.5, 0.6) is 0 Å². The van der Waals surface area contributed by atoms with Crippen molar-refractivity contribution in [3.8, 4) is 0 Å². The molecule has 0 nitrogen and oxygen atoms in total. The summed E-state index contributed by atoms with van der Waals surface area (Å²) < 4.78 is 0. The minimum atomic E-state index is 0.885. The molecule has 2 unspecified atom stereocenters. The molecule has 3 aliphatic rings. The van der Waals surface area contributed by atoms with Crippen LogP contribution < -0.4 is 0 Å². The van der Waals surface area contributed by atoms with E-state index in [2.05, 4.69) is 0 Å². The average Bonchev–Trinajstić information content (AvgIpc) is 2.56. The normalized spacial score (nSPS) is 49.8. The summed E-state index contributed by atoms with van der Waals surface area (Å²) in [6.07, 6.45) is 15.7. The van der Waals surface area contributed by atoms with Gasteiger partial charge in [-0.2, -0.15) is 0 Å². The van der Waals surface area contributed by atoms with Crippen molar-refractivity contribution in [2.75, 3.05) is 0 Å². The Morgan fingerprint density at radius 1 is 0.615 bits per heavy atom. The summed E-state index contributed by atoms with van der Waals surface area (Å²) in [5, 5.41) is 0. The molecular formula is C13H22. The quantitative estimate of drug-likeness (QED) is 0.523. The van der Waals surface area contributed by atoms with Gasteiger partial charge in [0.2, 0.25) is 0 Å². The molecule has 0 heterocycles. The van der Waals surface area contributed by atoms with Gasteiger partial charge in [-0.25, -0.2) is 0 Å². The molecule has 0 aromatic rings. The average molecular weight is 178 g/mol. The van der Waals surface area contributed by atoms with E-state index in [1.165, 1.54) is 0 Å². The highest BCUT2D eigenvalue weighted by molar-refractivity contribution is 5.01. The molecule has 3 rings (SSSR count). The molecular weight excluding hydrogens is 156 g/mol. The highest BCUT2D eigenvalue weighted by atomic mass is 14.6. The van der Waals surface area contributed by atoms with Crippen molar-refractivity contribution in [3.63, 3.8) is 0 Å². The Kier molecular flexibility index (Phi) is 1.92. The monoisotopic (exact) mass is 178 g/mol. The molecule has 0 aromatic carbocycles. The Hall–Kier alpha value is 0. The first-order valence-corrected chi connectivity index (χ1v) is 6.42. The van der Waals surface area contributed by atoms with Gasteiger partial charge in [0.15, 0.2) is 0 Å². The maximum atomic E-state index is 1.60. The summed E-state index contributed by atoms with van der Waals surface area (Å²) in [7, 11) is 0. The van der Waals surface area contributed by atoms with Crippen LogP contribution in [0.4, 0.5) is 0 Å². The van der Waals surface area contributed by atoms with E-state index in [1.54, 1.807) is 64.2 Å². The highest BCUT2D eigenvalue weighted by Gasteiger charge is 2.50. The maximum absolute atomic E-state index is 1.60. The molecule has 0 amide bonds. The Balaban J connectivity index is 1.88. The van der Waals surface area contributed by atoms with E-state index >= 15 is 0 Å². The second-order valence-corrected chi connectivity index (χ2v) is 5.70. The van der Waals surface area contributed by atoms with Crippen molar-refractivity contribution >= 4 is 0 Å². The SMILES string of the molecule is C1CCC23CCCCC2CCC3C1. The van der Waals surface area contributed by atoms with Crippen molar-refractivity contribution in [2.45, 2.75) is 64.2 Å². The zero-order valence-electron chi connectivity index (χ0n) is 8.73. The summed E-state index contributed by atoms with van der Waals surface area (Å²) in [5.74, 6) is 2.32. The van der Waals surface area contributed by atoms with Gasteiger partial charge in [-0.05, 0) is 55.8 Å². The number of hydrogen-bond donors (Lipinski definition) is 0. The second kappa shape index (κ2) is 3.00. The first-order valence-electron chi connectivity index (χ1n) is 6.42. The summed E-state index contributed by atoms with van der Waals surface area (Å²) in [6, 6.07) is 0. The summed E-state index contributed by atoms with van der Waals surface area (Å²) in [5.41, 5.74) is 0.885. The molecule has 3 saturated carbocycles. The lowest BCUT2D eigenvalue weighted by Gasteiger charge is -2.46. The van der Waals surface area contributed by atoms with E-state index < -0.39 is 0 Å². The molecule has 0 aliphatic heterocycles. The molecule has 0 radical (unpaired) electrons. The molecule has 0 heteroatoms. The van der Waals surface area contributed by atoms with E-state index in [1.807, 2.05) is 0 Å². The first kappa shape index (κ1) is 8.32. The molecule has 3 fully saturated rings. The first-order chi connectivity index (χ1) is 6.42. The Morgan fingerprint density at radius 3 is 1.69 bits per heavy atom. The lowest BCUT2D eigenvalue weighted by atomic mass is 9.58. The zero-order valence-corrected chi connectivity index (χ0v) is 8.73. The highest BCUT2D eigenvalue weighted by Crippen LogP contribution is 2.61. The molecule has 74 valence electrons. The van der Waals surface area contributed by atoms with Crippen LogP contribution in [0.2, 0.25) is 0 Å². The third kappa shape index (κ3) is 1.10. The molecule has 0 bridgehead atoms. The van der Waals surface area contributed by atoms with Crippen LogP contribution in [0.1, 0.15) is 64.2 Å². The molecule has 0 aromatic heterocycles. The van der Waals surface area contributed by atoms with Gasteiger partial charge < -0.3 is 0 Å². The lowest BCUT2D eigenvalue weighted by Crippen LogP contribution is -2.37. The van der Waals surface area contributed by atoms with Gasteiger partial charge in [0.25, 0.3) is 0 Å². The zero-order chi connectivity index (χ0) is 8.73. The fourth-order valence-corrected chi connectivity index (χ4v) is 4.81. The second-order valence-electron chi connectivity index (χ2n) is 5.70. The predicted molar refractivity (Wildman–Crippen MR) is 55.6 cm³/mol. The van der Waals surface area contributed by atoms with Gasteiger partial charge in [0.1, 0.15) is 0 Å². The Morgan fingerprint density at radius 2 is 1.15 bits per heavy atom. The Bertz CT molecular complexity index is 172. The van der Waals surface area contributed by atoms with E-state index in [0.717, 1.165) is 17.3 Å². The van der Waals surface area contributed by atoms with E-state index in [0.29, 0.717) is 0 Å². The fourth-order valence-electron chi connectivity index (χ4n) is 4.81. The van der Waals surface area contributed by atoms with Crippen LogP contribution in [0.25, 0.3) is 0 Å². The largest absolute Gasteiger partial charge is 0.0530 e.